The Morgan fingerprint density at radius 2 is 1.90 bits per heavy atom. The van der Waals surface area contributed by atoms with E-state index >= 15 is 0 Å². The zero-order valence-electron chi connectivity index (χ0n) is 17.6. The number of fused-ring (bicyclic) bond motifs is 1. The molecule has 31 heavy (non-hydrogen) atoms. The maximum Gasteiger partial charge on any atom is 0.408 e. The molecule has 0 saturated carbocycles. The van der Waals surface area contributed by atoms with Crippen molar-refractivity contribution >= 4 is 35.2 Å². The van der Waals surface area contributed by atoms with Crippen LogP contribution < -0.4 is 15.5 Å². The van der Waals surface area contributed by atoms with E-state index in [1.165, 1.54) is 12.1 Å². The van der Waals surface area contributed by atoms with E-state index < -0.39 is 48.3 Å². The molecule has 2 atom stereocenters. The monoisotopic (exact) mass is 463 g/mol. The van der Waals surface area contributed by atoms with Crippen molar-refractivity contribution in [2.45, 2.75) is 64.4 Å². The van der Waals surface area contributed by atoms with Crippen LogP contribution in [-0.2, 0) is 20.7 Å². The smallest absolute Gasteiger partial charge is 0.408 e. The van der Waals surface area contributed by atoms with Crippen LogP contribution in [0.1, 0.15) is 39.7 Å². The number of carbonyl (C=O) groups is 3. The maximum absolute atomic E-state index is 13.3. The Balaban J connectivity index is 2.29. The minimum Gasteiger partial charge on any atom is -0.444 e. The molecule has 0 unspecified atom stereocenters. The standard InChI is InChI=1S/C20H25ClF3N3O4/c1-5-13(26-18(30)31-19(2,3)4)17(29)27-14-7-6-12(21)8-11(14)9-15(27)16(28)25-10-20(22,23)24/h6-8,13,15H,5,9-10H2,1-4H3,(H,25,28)(H,26,30)/t13-,15-/m0/s1. The molecular formula is C20H25ClF3N3O4. The van der Waals surface area contributed by atoms with Gasteiger partial charge in [-0.1, -0.05) is 18.5 Å². The van der Waals surface area contributed by atoms with E-state index in [1.54, 1.807) is 33.8 Å². The first-order valence-corrected chi connectivity index (χ1v) is 10.0. The van der Waals surface area contributed by atoms with Gasteiger partial charge in [0.25, 0.3) is 0 Å². The highest BCUT2D eigenvalue weighted by atomic mass is 35.5. The number of halogens is 4. The van der Waals surface area contributed by atoms with Gasteiger partial charge in [0.2, 0.25) is 11.8 Å². The third-order valence-corrected chi connectivity index (χ3v) is 4.66. The van der Waals surface area contributed by atoms with Crippen LogP contribution in [-0.4, -0.2) is 48.3 Å². The summed E-state index contributed by atoms with van der Waals surface area (Å²) in [6, 6.07) is 2.33. The van der Waals surface area contributed by atoms with Crippen molar-refractivity contribution in [1.82, 2.24) is 10.6 Å². The Labute approximate surface area is 183 Å². The Hall–Kier alpha value is -2.49. The zero-order chi connectivity index (χ0) is 23.6. The highest BCUT2D eigenvalue weighted by molar-refractivity contribution is 6.30. The molecule has 2 N–H and O–H groups in total. The molecule has 0 spiro atoms. The van der Waals surface area contributed by atoms with Gasteiger partial charge in [-0.2, -0.15) is 13.2 Å². The molecule has 1 heterocycles. The van der Waals surface area contributed by atoms with E-state index in [4.69, 9.17) is 16.3 Å². The number of carbonyl (C=O) groups excluding carboxylic acids is 3. The molecule has 2 rings (SSSR count). The predicted octanol–water partition coefficient (Wildman–Crippen LogP) is 3.58. The number of ether oxygens (including phenoxy) is 1. The largest absolute Gasteiger partial charge is 0.444 e. The molecule has 1 aliphatic rings. The van der Waals surface area contributed by atoms with Gasteiger partial charge < -0.3 is 15.4 Å². The predicted molar refractivity (Wildman–Crippen MR) is 109 cm³/mol. The zero-order valence-corrected chi connectivity index (χ0v) is 18.4. The van der Waals surface area contributed by atoms with Gasteiger partial charge in [-0.25, -0.2) is 4.79 Å². The van der Waals surface area contributed by atoms with Crippen molar-refractivity contribution < 1.29 is 32.3 Å². The molecule has 0 fully saturated rings. The first-order valence-electron chi connectivity index (χ1n) is 9.67. The Kier molecular flexibility index (Phi) is 7.46. The molecule has 11 heteroatoms. The van der Waals surface area contributed by atoms with Gasteiger partial charge in [0.15, 0.2) is 0 Å². The van der Waals surface area contributed by atoms with E-state index in [0.29, 0.717) is 16.3 Å². The summed E-state index contributed by atoms with van der Waals surface area (Å²) in [6.07, 6.45) is -5.24. The molecular weight excluding hydrogens is 439 g/mol. The van der Waals surface area contributed by atoms with Crippen LogP contribution in [0, 0.1) is 0 Å². The minimum atomic E-state index is -4.59. The highest BCUT2D eigenvalue weighted by Crippen LogP contribution is 2.35. The summed E-state index contributed by atoms with van der Waals surface area (Å²) in [7, 11) is 0. The average molecular weight is 464 g/mol. The Bertz CT molecular complexity index is 855. The van der Waals surface area contributed by atoms with Crippen LogP contribution in [0.4, 0.5) is 23.7 Å². The molecule has 0 aliphatic carbocycles. The summed E-state index contributed by atoms with van der Waals surface area (Å²) < 4.78 is 42.9. The van der Waals surface area contributed by atoms with E-state index in [0.717, 1.165) is 4.90 Å². The van der Waals surface area contributed by atoms with E-state index in [1.807, 2.05) is 5.32 Å². The molecule has 0 bridgehead atoms. The summed E-state index contributed by atoms with van der Waals surface area (Å²) in [5.41, 5.74) is 0.105. The van der Waals surface area contributed by atoms with Crippen LogP contribution in [0.25, 0.3) is 0 Å². The number of hydrogen-bond acceptors (Lipinski definition) is 4. The third-order valence-electron chi connectivity index (χ3n) is 4.43. The number of hydrogen-bond donors (Lipinski definition) is 2. The van der Waals surface area contributed by atoms with Crippen molar-refractivity contribution in [3.63, 3.8) is 0 Å². The van der Waals surface area contributed by atoms with Gasteiger partial charge >= 0.3 is 12.3 Å². The molecule has 3 amide bonds. The lowest BCUT2D eigenvalue weighted by atomic mass is 10.1. The molecule has 0 saturated heterocycles. The lowest BCUT2D eigenvalue weighted by molar-refractivity contribution is -0.139. The molecule has 1 aromatic carbocycles. The number of nitrogens with one attached hydrogen (secondary N) is 2. The lowest BCUT2D eigenvalue weighted by Gasteiger charge is -2.29. The maximum atomic E-state index is 13.3. The molecule has 1 aromatic rings. The summed E-state index contributed by atoms with van der Waals surface area (Å²) in [6.45, 7) is 5.12. The van der Waals surface area contributed by atoms with Gasteiger partial charge in [0.1, 0.15) is 24.2 Å². The van der Waals surface area contributed by atoms with Gasteiger partial charge in [-0.3, -0.25) is 14.5 Å². The summed E-state index contributed by atoms with van der Waals surface area (Å²) in [5.74, 6) is -1.59. The van der Waals surface area contributed by atoms with Crippen molar-refractivity contribution in [2.75, 3.05) is 11.4 Å². The molecule has 1 aliphatic heterocycles. The quantitative estimate of drug-likeness (QED) is 0.698. The summed E-state index contributed by atoms with van der Waals surface area (Å²) >= 11 is 5.99. The highest BCUT2D eigenvalue weighted by Gasteiger charge is 2.42. The first kappa shape index (κ1) is 24.8. The fourth-order valence-electron chi connectivity index (χ4n) is 3.16. The normalized spacial score (nSPS) is 17.0. The first-order chi connectivity index (χ1) is 14.2. The van der Waals surface area contributed by atoms with Crippen LogP contribution in [0.2, 0.25) is 5.02 Å². The van der Waals surface area contributed by atoms with Crippen LogP contribution in [0.5, 0.6) is 0 Å². The van der Waals surface area contributed by atoms with Crippen molar-refractivity contribution in [3.05, 3.63) is 28.8 Å². The molecule has 0 radical (unpaired) electrons. The van der Waals surface area contributed by atoms with Gasteiger partial charge in [0, 0.05) is 17.1 Å². The third kappa shape index (κ3) is 6.75. The Morgan fingerprint density at radius 3 is 2.45 bits per heavy atom. The summed E-state index contributed by atoms with van der Waals surface area (Å²) in [4.78, 5) is 39.0. The van der Waals surface area contributed by atoms with Crippen molar-refractivity contribution in [2.24, 2.45) is 0 Å². The number of benzene rings is 1. The fraction of sp³-hybridized carbons (Fsp3) is 0.550. The number of amides is 3. The number of nitrogens with zero attached hydrogens (tertiary/aromatic N) is 1. The van der Waals surface area contributed by atoms with Gasteiger partial charge in [-0.15, -0.1) is 0 Å². The van der Waals surface area contributed by atoms with E-state index in [9.17, 15) is 27.6 Å². The lowest BCUT2D eigenvalue weighted by Crippen LogP contribution is -2.55. The number of alkyl carbamates (subject to hydrolysis) is 1. The van der Waals surface area contributed by atoms with E-state index in [-0.39, 0.29) is 12.8 Å². The molecule has 172 valence electrons. The second-order valence-electron chi connectivity index (χ2n) is 8.14. The molecule has 0 aromatic heterocycles. The second kappa shape index (κ2) is 9.33. The number of alkyl halides is 3. The van der Waals surface area contributed by atoms with Crippen LogP contribution >= 0.6 is 11.6 Å². The van der Waals surface area contributed by atoms with E-state index in [2.05, 4.69) is 5.32 Å². The topological polar surface area (TPSA) is 87.7 Å². The minimum absolute atomic E-state index is 0.00576. The van der Waals surface area contributed by atoms with Crippen LogP contribution in [0.3, 0.4) is 0 Å². The SMILES string of the molecule is CC[C@H](NC(=O)OC(C)(C)C)C(=O)N1c2ccc(Cl)cc2C[C@H]1C(=O)NCC(F)(F)F. The van der Waals surface area contributed by atoms with Gasteiger partial charge in [0.05, 0.1) is 0 Å². The number of anilines is 1. The summed E-state index contributed by atoms with van der Waals surface area (Å²) in [5, 5.41) is 4.65. The van der Waals surface area contributed by atoms with Gasteiger partial charge in [-0.05, 0) is 51.0 Å². The van der Waals surface area contributed by atoms with Crippen molar-refractivity contribution in [3.8, 4) is 0 Å². The fourth-order valence-corrected chi connectivity index (χ4v) is 3.36. The number of rotatable bonds is 5. The van der Waals surface area contributed by atoms with Crippen LogP contribution in [0.15, 0.2) is 18.2 Å². The Morgan fingerprint density at radius 1 is 1.26 bits per heavy atom. The molecule has 7 nitrogen and oxygen atoms in total. The van der Waals surface area contributed by atoms with Crippen molar-refractivity contribution in [1.29, 1.82) is 0 Å². The average Bonchev–Trinajstić information content (AvgIpc) is 3.00. The second-order valence-corrected chi connectivity index (χ2v) is 8.58.